The number of ketones is 6. The molecule has 8 heteroatoms. The van der Waals surface area contributed by atoms with E-state index in [0.717, 1.165) is 0 Å². The third-order valence-corrected chi connectivity index (χ3v) is 8.18. The van der Waals surface area contributed by atoms with Gasteiger partial charge in [-0.1, -0.05) is 66.1 Å². The average molecular weight is 638 g/mol. The van der Waals surface area contributed by atoms with Gasteiger partial charge < -0.3 is 0 Å². The summed E-state index contributed by atoms with van der Waals surface area (Å²) in [5.74, 6) is 0.0585. The number of hydrogen-bond donors (Lipinski definition) is 0. The molecule has 3 unspecified atom stereocenters. The van der Waals surface area contributed by atoms with E-state index in [2.05, 4.69) is 38.4 Å². The predicted molar refractivity (Wildman–Crippen MR) is 154 cm³/mol. The number of alkyl halides is 2. The third kappa shape index (κ3) is 17.2. The SMILES string of the molecule is C=C(C)C(C)=O.CC(=O)C(Br)CC(C)(C)C(C)=O.CC(=O)C(CC(C)(C)C(C)=O)CC(C)(Br)C(C)=O. The summed E-state index contributed by atoms with van der Waals surface area (Å²) in [6.45, 7) is 23.4. The summed E-state index contributed by atoms with van der Waals surface area (Å²) in [6, 6.07) is 0. The molecule has 0 aromatic heterocycles. The van der Waals surface area contributed by atoms with E-state index in [1.165, 1.54) is 34.6 Å². The van der Waals surface area contributed by atoms with Crippen LogP contribution in [0.5, 0.6) is 0 Å². The lowest BCUT2D eigenvalue weighted by Crippen LogP contribution is -2.35. The Bertz CT molecular complexity index is 797. The summed E-state index contributed by atoms with van der Waals surface area (Å²) < 4.78 is -0.698. The van der Waals surface area contributed by atoms with Crippen molar-refractivity contribution in [3.63, 3.8) is 0 Å². The lowest BCUT2D eigenvalue weighted by Gasteiger charge is -2.30. The van der Waals surface area contributed by atoms with Crippen molar-refractivity contribution in [1.82, 2.24) is 0 Å². The Morgan fingerprint density at radius 2 is 0.972 bits per heavy atom. The third-order valence-electron chi connectivity index (χ3n) is 6.33. The maximum absolute atomic E-state index is 11.7. The lowest BCUT2D eigenvalue weighted by atomic mass is 9.75. The second-order valence-corrected chi connectivity index (χ2v) is 13.8. The standard InChI is InChI=1S/C14H23BrO3.C9H15BrO2.C5H8O/c1-9(16)12(7-13(4,5)10(2)17)8-14(6,15)11(3)18;1-6(11)8(10)5-9(3,4)7(2)12;1-4(2)5(3)6/h12H,7-8H2,1-6H3;8H,5H2,1-4H3;1H2,2-3H3. The molecule has 0 heterocycles. The number of allylic oxidation sites excluding steroid dienone is 1. The number of carbonyl (C=O) groups is 6. The van der Waals surface area contributed by atoms with E-state index in [0.29, 0.717) is 24.8 Å². The first kappa shape index (κ1) is 39.2. The average Bonchev–Trinajstić information content (AvgIpc) is 2.67. The maximum Gasteiger partial charge on any atom is 0.154 e. The quantitative estimate of drug-likeness (QED) is 0.172. The fourth-order valence-corrected chi connectivity index (χ4v) is 3.66. The van der Waals surface area contributed by atoms with Gasteiger partial charge in [0.05, 0.1) is 9.15 Å². The van der Waals surface area contributed by atoms with Crippen molar-refractivity contribution in [2.24, 2.45) is 16.7 Å². The molecule has 0 amide bonds. The zero-order valence-electron chi connectivity index (χ0n) is 24.2. The largest absolute Gasteiger partial charge is 0.300 e. The molecule has 0 radical (unpaired) electrons. The summed E-state index contributed by atoms with van der Waals surface area (Å²) >= 11 is 6.62. The topological polar surface area (TPSA) is 102 Å². The predicted octanol–water partition coefficient (Wildman–Crippen LogP) is 6.83. The molecule has 0 bridgehead atoms. The summed E-state index contributed by atoms with van der Waals surface area (Å²) in [6.07, 6.45) is 1.47. The summed E-state index contributed by atoms with van der Waals surface area (Å²) in [7, 11) is 0. The summed E-state index contributed by atoms with van der Waals surface area (Å²) in [4.78, 5) is 66.6. The molecule has 6 nitrogen and oxygen atoms in total. The Labute approximate surface area is 235 Å². The van der Waals surface area contributed by atoms with E-state index in [-0.39, 0.29) is 45.4 Å². The van der Waals surface area contributed by atoms with Crippen molar-refractivity contribution in [2.75, 3.05) is 0 Å². The van der Waals surface area contributed by atoms with E-state index < -0.39 is 15.2 Å². The zero-order chi connectivity index (χ0) is 29.8. The lowest BCUT2D eigenvalue weighted by molar-refractivity contribution is -0.128. The highest BCUT2D eigenvalue weighted by Crippen LogP contribution is 2.35. The molecule has 208 valence electrons. The number of hydrogen-bond acceptors (Lipinski definition) is 6. The van der Waals surface area contributed by atoms with Crippen LogP contribution in [0.3, 0.4) is 0 Å². The van der Waals surface area contributed by atoms with Crippen LogP contribution in [0.1, 0.15) is 102 Å². The van der Waals surface area contributed by atoms with Crippen molar-refractivity contribution >= 4 is 66.6 Å². The van der Waals surface area contributed by atoms with Crippen LogP contribution < -0.4 is 0 Å². The fraction of sp³-hybridized carbons (Fsp3) is 0.714. The van der Waals surface area contributed by atoms with Gasteiger partial charge in [-0.15, -0.1) is 0 Å². The first-order valence-electron chi connectivity index (χ1n) is 11.8. The second kappa shape index (κ2) is 16.5. The first-order chi connectivity index (χ1) is 15.8. The van der Waals surface area contributed by atoms with Gasteiger partial charge >= 0.3 is 0 Å². The molecular formula is C28H46Br2O6. The van der Waals surface area contributed by atoms with Crippen LogP contribution in [-0.2, 0) is 28.8 Å². The molecular weight excluding hydrogens is 592 g/mol. The molecule has 0 rings (SSSR count). The van der Waals surface area contributed by atoms with Gasteiger partial charge in [0, 0.05) is 16.7 Å². The molecule has 36 heavy (non-hydrogen) atoms. The Morgan fingerprint density at radius 1 is 0.639 bits per heavy atom. The Morgan fingerprint density at radius 3 is 1.19 bits per heavy atom. The Kier molecular flexibility index (Phi) is 18.0. The summed E-state index contributed by atoms with van der Waals surface area (Å²) in [5.41, 5.74) is -0.314. The Hall–Kier alpha value is -1.28. The molecule has 0 spiro atoms. The zero-order valence-corrected chi connectivity index (χ0v) is 27.4. The van der Waals surface area contributed by atoms with Gasteiger partial charge in [-0.2, -0.15) is 0 Å². The van der Waals surface area contributed by atoms with Crippen molar-refractivity contribution in [2.45, 2.75) is 111 Å². The second-order valence-electron chi connectivity index (χ2n) is 11.0. The van der Waals surface area contributed by atoms with Crippen molar-refractivity contribution in [1.29, 1.82) is 0 Å². The van der Waals surface area contributed by atoms with Crippen molar-refractivity contribution in [3.8, 4) is 0 Å². The van der Waals surface area contributed by atoms with Crippen LogP contribution >= 0.6 is 31.9 Å². The normalized spacial score (nSPS) is 14.4. The van der Waals surface area contributed by atoms with E-state index in [9.17, 15) is 28.8 Å². The van der Waals surface area contributed by atoms with Crippen LogP contribution in [0.15, 0.2) is 12.2 Å². The maximum atomic E-state index is 11.7. The molecule has 0 saturated heterocycles. The van der Waals surface area contributed by atoms with Gasteiger partial charge in [0.15, 0.2) is 5.78 Å². The number of halogens is 2. The molecule has 0 aromatic rings. The minimum absolute atomic E-state index is 0.00520. The number of Topliss-reactive ketones (excluding diaryl/α,β-unsaturated/α-hetero) is 6. The monoisotopic (exact) mass is 636 g/mol. The Balaban J connectivity index is -0.000000518. The van der Waals surface area contributed by atoms with Gasteiger partial charge in [-0.05, 0) is 80.2 Å². The number of rotatable bonds is 12. The van der Waals surface area contributed by atoms with Crippen molar-refractivity contribution in [3.05, 3.63) is 12.2 Å². The van der Waals surface area contributed by atoms with Gasteiger partial charge in [-0.25, -0.2) is 0 Å². The van der Waals surface area contributed by atoms with Gasteiger partial charge in [0.2, 0.25) is 0 Å². The van der Waals surface area contributed by atoms with Crippen molar-refractivity contribution < 1.29 is 28.8 Å². The molecule has 0 aliphatic heterocycles. The number of carbonyl (C=O) groups excluding carboxylic acids is 6. The van der Waals surface area contributed by atoms with Crippen LogP contribution in [0.2, 0.25) is 0 Å². The van der Waals surface area contributed by atoms with Crippen LogP contribution in [0.4, 0.5) is 0 Å². The van der Waals surface area contributed by atoms with Gasteiger partial charge in [-0.3, -0.25) is 28.8 Å². The molecule has 0 N–H and O–H groups in total. The minimum atomic E-state index is -0.698. The first-order valence-corrected chi connectivity index (χ1v) is 13.6. The highest BCUT2D eigenvalue weighted by Gasteiger charge is 2.36. The van der Waals surface area contributed by atoms with E-state index in [1.54, 1.807) is 20.8 Å². The molecule has 0 saturated carbocycles. The molecule has 0 aromatic carbocycles. The molecule has 3 atom stereocenters. The van der Waals surface area contributed by atoms with Crippen LogP contribution in [-0.4, -0.2) is 43.9 Å². The minimum Gasteiger partial charge on any atom is -0.300 e. The molecule has 0 aliphatic rings. The fourth-order valence-electron chi connectivity index (χ4n) is 2.46. The van der Waals surface area contributed by atoms with Crippen LogP contribution in [0.25, 0.3) is 0 Å². The smallest absolute Gasteiger partial charge is 0.154 e. The molecule has 0 fully saturated rings. The highest BCUT2D eigenvalue weighted by atomic mass is 79.9. The van der Waals surface area contributed by atoms with Gasteiger partial charge in [0.25, 0.3) is 0 Å². The van der Waals surface area contributed by atoms with Gasteiger partial charge in [0.1, 0.15) is 28.9 Å². The summed E-state index contributed by atoms with van der Waals surface area (Å²) in [5, 5.41) is 0. The highest BCUT2D eigenvalue weighted by molar-refractivity contribution is 9.10. The van der Waals surface area contributed by atoms with E-state index in [4.69, 9.17) is 0 Å². The molecule has 0 aliphatic carbocycles. The van der Waals surface area contributed by atoms with Crippen LogP contribution in [0, 0.1) is 16.7 Å². The van der Waals surface area contributed by atoms with E-state index in [1.807, 2.05) is 27.7 Å². The van der Waals surface area contributed by atoms with E-state index >= 15 is 0 Å².